The van der Waals surface area contributed by atoms with Crippen LogP contribution < -0.4 is 4.74 Å². The van der Waals surface area contributed by atoms with Gasteiger partial charge in [-0.1, -0.05) is 33.6 Å². The van der Waals surface area contributed by atoms with Crippen molar-refractivity contribution in [3.05, 3.63) is 12.3 Å². The number of nitrogens with zero attached hydrogens (tertiary/aromatic N) is 2. The number of carbonyl (C=O) groups is 1. The van der Waals surface area contributed by atoms with E-state index >= 15 is 0 Å². The molecule has 0 aliphatic rings. The highest BCUT2D eigenvalue weighted by atomic mass is 16.6. The van der Waals surface area contributed by atoms with Crippen LogP contribution in [0.4, 0.5) is 4.79 Å². The fourth-order valence-corrected chi connectivity index (χ4v) is 1.79. The van der Waals surface area contributed by atoms with Crippen LogP contribution in [0.2, 0.25) is 0 Å². The molecule has 0 saturated carbocycles. The minimum atomic E-state index is -0.536. The van der Waals surface area contributed by atoms with Gasteiger partial charge in [-0.3, -0.25) is 0 Å². The van der Waals surface area contributed by atoms with Crippen LogP contribution in [0.15, 0.2) is 12.3 Å². The zero-order valence-corrected chi connectivity index (χ0v) is 14.1. The SMILES string of the molecule is CCCCC(C)(C)COc1ccn(C(=O)OC(C)(C)C)n1. The summed E-state index contributed by atoms with van der Waals surface area (Å²) in [5.74, 6) is 0.449. The van der Waals surface area contributed by atoms with Gasteiger partial charge in [0.2, 0.25) is 5.88 Å². The molecule has 0 saturated heterocycles. The van der Waals surface area contributed by atoms with Crippen molar-refractivity contribution in [2.75, 3.05) is 6.61 Å². The third-order valence-corrected chi connectivity index (χ3v) is 2.96. The molecule has 1 aromatic heterocycles. The maximum atomic E-state index is 11.8. The first-order valence-electron chi connectivity index (χ1n) is 7.55. The molecule has 120 valence electrons. The molecular formula is C16H28N2O3. The number of carbonyl (C=O) groups excluding carboxylic acids is 1. The van der Waals surface area contributed by atoms with Gasteiger partial charge in [0.25, 0.3) is 0 Å². The molecule has 0 atom stereocenters. The van der Waals surface area contributed by atoms with Gasteiger partial charge in [0.1, 0.15) is 5.60 Å². The first-order valence-corrected chi connectivity index (χ1v) is 7.55. The molecular weight excluding hydrogens is 268 g/mol. The van der Waals surface area contributed by atoms with E-state index in [1.807, 2.05) is 20.8 Å². The summed E-state index contributed by atoms with van der Waals surface area (Å²) in [6.45, 7) is 12.6. The first kappa shape index (κ1) is 17.5. The van der Waals surface area contributed by atoms with Crippen LogP contribution in [0.1, 0.15) is 60.8 Å². The minimum Gasteiger partial charge on any atom is -0.476 e. The molecule has 0 bridgehead atoms. The summed E-state index contributed by atoms with van der Waals surface area (Å²) in [6, 6.07) is 1.68. The Hall–Kier alpha value is -1.52. The van der Waals surface area contributed by atoms with Crippen molar-refractivity contribution >= 4 is 6.09 Å². The summed E-state index contributed by atoms with van der Waals surface area (Å²) >= 11 is 0. The summed E-state index contributed by atoms with van der Waals surface area (Å²) in [5.41, 5.74) is -0.433. The van der Waals surface area contributed by atoms with E-state index in [1.165, 1.54) is 17.5 Å². The quantitative estimate of drug-likeness (QED) is 0.787. The van der Waals surface area contributed by atoms with E-state index in [0.29, 0.717) is 12.5 Å². The average molecular weight is 296 g/mol. The van der Waals surface area contributed by atoms with E-state index in [2.05, 4.69) is 25.9 Å². The Labute approximate surface area is 127 Å². The number of hydrogen-bond acceptors (Lipinski definition) is 4. The van der Waals surface area contributed by atoms with Gasteiger partial charge in [0.15, 0.2) is 0 Å². The number of aromatic nitrogens is 2. The minimum absolute atomic E-state index is 0.103. The monoisotopic (exact) mass is 296 g/mol. The van der Waals surface area contributed by atoms with Crippen LogP contribution in [0, 0.1) is 5.41 Å². The normalized spacial score (nSPS) is 12.3. The van der Waals surface area contributed by atoms with Gasteiger partial charge in [-0.2, -0.15) is 4.68 Å². The lowest BCUT2D eigenvalue weighted by atomic mass is 9.88. The van der Waals surface area contributed by atoms with Crippen LogP contribution in [0.5, 0.6) is 5.88 Å². The summed E-state index contributed by atoms with van der Waals surface area (Å²) < 4.78 is 12.1. The number of hydrogen-bond donors (Lipinski definition) is 0. The molecule has 0 amide bonds. The van der Waals surface area contributed by atoms with Gasteiger partial charge in [-0.15, -0.1) is 5.10 Å². The lowest BCUT2D eigenvalue weighted by molar-refractivity contribution is 0.0510. The molecule has 0 aliphatic carbocycles. The Kier molecular flexibility index (Phi) is 5.81. The Morgan fingerprint density at radius 1 is 1.29 bits per heavy atom. The predicted molar refractivity (Wildman–Crippen MR) is 82.7 cm³/mol. The third kappa shape index (κ3) is 6.65. The molecule has 0 radical (unpaired) electrons. The second-order valence-electron chi connectivity index (χ2n) is 7.14. The van der Waals surface area contributed by atoms with Crippen molar-refractivity contribution in [2.24, 2.45) is 5.41 Å². The molecule has 0 aliphatic heterocycles. The van der Waals surface area contributed by atoms with Crippen LogP contribution in [0.25, 0.3) is 0 Å². The van der Waals surface area contributed by atoms with Gasteiger partial charge in [0.05, 0.1) is 6.61 Å². The average Bonchev–Trinajstić information content (AvgIpc) is 2.81. The molecule has 0 fully saturated rings. The first-order chi connectivity index (χ1) is 9.63. The predicted octanol–water partition coefficient (Wildman–Crippen LogP) is 4.26. The standard InChI is InChI=1S/C16H28N2O3/c1-7-8-10-16(5,6)12-20-13-9-11-18(17-13)14(19)21-15(2,3)4/h9,11H,7-8,10,12H2,1-6H3. The highest BCUT2D eigenvalue weighted by Gasteiger charge is 2.21. The fourth-order valence-electron chi connectivity index (χ4n) is 1.79. The van der Waals surface area contributed by atoms with Crippen molar-refractivity contribution in [1.29, 1.82) is 0 Å². The molecule has 1 aromatic rings. The molecule has 1 heterocycles. The highest BCUT2D eigenvalue weighted by Crippen LogP contribution is 2.24. The molecule has 1 rings (SSSR count). The smallest absolute Gasteiger partial charge is 0.435 e. The van der Waals surface area contributed by atoms with Crippen molar-refractivity contribution in [3.8, 4) is 5.88 Å². The van der Waals surface area contributed by atoms with Crippen LogP contribution in [0.3, 0.4) is 0 Å². The zero-order chi connectivity index (χ0) is 16.1. The summed E-state index contributed by atoms with van der Waals surface area (Å²) in [7, 11) is 0. The van der Waals surface area contributed by atoms with Crippen molar-refractivity contribution < 1.29 is 14.3 Å². The molecule has 0 spiro atoms. The van der Waals surface area contributed by atoms with Gasteiger partial charge in [-0.05, 0) is 32.6 Å². The lowest BCUT2D eigenvalue weighted by Gasteiger charge is -2.23. The summed E-state index contributed by atoms with van der Waals surface area (Å²) in [5, 5.41) is 4.10. The van der Waals surface area contributed by atoms with Gasteiger partial charge in [-0.25, -0.2) is 4.79 Å². The Balaban J connectivity index is 2.54. The van der Waals surface area contributed by atoms with E-state index < -0.39 is 11.7 Å². The Morgan fingerprint density at radius 3 is 2.52 bits per heavy atom. The van der Waals surface area contributed by atoms with E-state index in [0.717, 1.165) is 6.42 Å². The van der Waals surface area contributed by atoms with Crippen LogP contribution in [-0.2, 0) is 4.74 Å². The summed E-state index contributed by atoms with van der Waals surface area (Å²) in [4.78, 5) is 11.8. The molecule has 21 heavy (non-hydrogen) atoms. The Morgan fingerprint density at radius 2 is 1.95 bits per heavy atom. The molecule has 5 nitrogen and oxygen atoms in total. The van der Waals surface area contributed by atoms with Crippen LogP contribution >= 0.6 is 0 Å². The third-order valence-electron chi connectivity index (χ3n) is 2.96. The second-order valence-corrected chi connectivity index (χ2v) is 7.14. The number of unbranched alkanes of at least 4 members (excludes halogenated alkanes) is 1. The van der Waals surface area contributed by atoms with E-state index in [9.17, 15) is 4.79 Å². The molecule has 5 heteroatoms. The van der Waals surface area contributed by atoms with E-state index in [-0.39, 0.29) is 5.41 Å². The fraction of sp³-hybridized carbons (Fsp3) is 0.750. The van der Waals surface area contributed by atoms with Gasteiger partial charge in [0, 0.05) is 12.3 Å². The number of ether oxygens (including phenoxy) is 2. The second kappa shape index (κ2) is 6.96. The molecule has 0 aromatic carbocycles. The van der Waals surface area contributed by atoms with E-state index in [4.69, 9.17) is 9.47 Å². The van der Waals surface area contributed by atoms with Crippen molar-refractivity contribution in [3.63, 3.8) is 0 Å². The Bertz CT molecular complexity index is 458. The van der Waals surface area contributed by atoms with Crippen molar-refractivity contribution in [2.45, 2.75) is 66.4 Å². The van der Waals surface area contributed by atoms with Gasteiger partial charge < -0.3 is 9.47 Å². The molecule has 0 unspecified atom stereocenters. The van der Waals surface area contributed by atoms with Gasteiger partial charge >= 0.3 is 6.09 Å². The highest BCUT2D eigenvalue weighted by molar-refractivity contribution is 5.69. The largest absolute Gasteiger partial charge is 0.476 e. The number of rotatable bonds is 6. The lowest BCUT2D eigenvalue weighted by Crippen LogP contribution is -2.27. The zero-order valence-electron chi connectivity index (χ0n) is 14.1. The molecule has 0 N–H and O–H groups in total. The maximum Gasteiger partial charge on any atom is 0.435 e. The van der Waals surface area contributed by atoms with Crippen LogP contribution in [-0.4, -0.2) is 28.1 Å². The van der Waals surface area contributed by atoms with Crippen molar-refractivity contribution in [1.82, 2.24) is 9.78 Å². The maximum absolute atomic E-state index is 11.8. The van der Waals surface area contributed by atoms with E-state index in [1.54, 1.807) is 12.3 Å². The topological polar surface area (TPSA) is 53.4 Å². The summed E-state index contributed by atoms with van der Waals surface area (Å²) in [6.07, 6.45) is 4.53.